The molecule has 0 aromatic heterocycles. The molecule has 0 saturated carbocycles. The van der Waals surface area contributed by atoms with Gasteiger partial charge in [0.15, 0.2) is 0 Å². The lowest BCUT2D eigenvalue weighted by atomic mass is 9.94. The summed E-state index contributed by atoms with van der Waals surface area (Å²) in [5.74, 6) is 0.816. The molecule has 0 bridgehead atoms. The van der Waals surface area contributed by atoms with E-state index in [1.54, 1.807) is 59.1 Å². The van der Waals surface area contributed by atoms with Crippen LogP contribution in [0.4, 0.5) is 26.3 Å². The highest BCUT2D eigenvalue weighted by atomic mass is 35.5. The summed E-state index contributed by atoms with van der Waals surface area (Å²) in [6.07, 6.45) is -4.33. The molecule has 0 atom stereocenters. The molecule has 0 aliphatic rings. The average molecular weight is 1130 g/mol. The van der Waals surface area contributed by atoms with Crippen molar-refractivity contribution in [2.75, 3.05) is 20.3 Å². The van der Waals surface area contributed by atoms with Crippen LogP contribution in [0.15, 0.2) is 103 Å². The number of hydrogen-bond donors (Lipinski definition) is 0. The molecule has 0 radical (unpaired) electrons. The SMILES string of the molecule is CC(C)c1c(Cl)cccc1C(F)(F)F.CC(C)c1c(F)cccc1Cl.CC(C)c1c(F)cccc1F.COCCOc1cc(Cl)c(C(C)C)c(Cl)c1.Cc1ccc(Cl)c(C(C)C)c1.Cc1cccc(C)c1C(C)C. The zero-order chi connectivity index (χ0) is 56.8. The first-order valence-electron chi connectivity index (χ1n) is 24.5. The Hall–Kier alpha value is -3.89. The van der Waals surface area contributed by atoms with Gasteiger partial charge in [0.2, 0.25) is 0 Å². The molecule has 0 aliphatic carbocycles. The molecular weight excluding hydrogens is 1060 g/mol. The van der Waals surface area contributed by atoms with Gasteiger partial charge in [-0.05, 0) is 144 Å². The van der Waals surface area contributed by atoms with Crippen molar-refractivity contribution in [2.45, 2.75) is 146 Å². The monoisotopic (exact) mass is 1130 g/mol. The Labute approximate surface area is 464 Å². The number of benzene rings is 6. The average Bonchev–Trinajstić information content (AvgIpc) is 3.27. The molecule has 13 heteroatoms. The van der Waals surface area contributed by atoms with Crippen LogP contribution >= 0.6 is 58.0 Å². The molecule has 0 amide bonds. The van der Waals surface area contributed by atoms with Gasteiger partial charge in [-0.1, -0.05) is 195 Å². The summed E-state index contributed by atoms with van der Waals surface area (Å²) in [5, 5.41) is 2.87. The van der Waals surface area contributed by atoms with E-state index in [1.165, 1.54) is 64.2 Å². The van der Waals surface area contributed by atoms with Gasteiger partial charge in [-0.15, -0.1) is 0 Å². The zero-order valence-electron chi connectivity index (χ0n) is 45.7. The van der Waals surface area contributed by atoms with Crippen molar-refractivity contribution in [3.63, 3.8) is 0 Å². The Morgan fingerprint density at radius 2 is 0.824 bits per heavy atom. The van der Waals surface area contributed by atoms with Gasteiger partial charge >= 0.3 is 6.18 Å². The Bertz CT molecular complexity index is 2410. The fraction of sp³-hybridized carbons (Fsp3) is 0.410. The second kappa shape index (κ2) is 33.3. The molecule has 6 rings (SSSR count). The molecule has 2 nitrogen and oxygen atoms in total. The van der Waals surface area contributed by atoms with E-state index in [-0.39, 0.29) is 39.7 Å². The number of methoxy groups -OCH3 is 1. The Morgan fingerprint density at radius 3 is 1.16 bits per heavy atom. The molecule has 6 aromatic rings. The van der Waals surface area contributed by atoms with Crippen molar-refractivity contribution in [3.8, 4) is 5.75 Å². The van der Waals surface area contributed by atoms with Gasteiger partial charge in [-0.2, -0.15) is 13.2 Å². The molecule has 0 spiro atoms. The smallest absolute Gasteiger partial charge is 0.416 e. The van der Waals surface area contributed by atoms with Gasteiger partial charge in [-0.3, -0.25) is 0 Å². The van der Waals surface area contributed by atoms with E-state index in [9.17, 15) is 26.3 Å². The minimum absolute atomic E-state index is 0.101. The Balaban J connectivity index is 0.000000447. The third-order valence-electron chi connectivity index (χ3n) is 11.2. The van der Waals surface area contributed by atoms with Crippen LogP contribution in [0.1, 0.15) is 174 Å². The number of halogens is 11. The van der Waals surface area contributed by atoms with Gasteiger partial charge in [0, 0.05) is 43.3 Å². The van der Waals surface area contributed by atoms with Gasteiger partial charge in [0.25, 0.3) is 0 Å². The molecule has 0 N–H and O–H groups in total. The predicted molar refractivity (Wildman–Crippen MR) is 305 cm³/mol. The maximum Gasteiger partial charge on any atom is 0.416 e. The lowest BCUT2D eigenvalue weighted by Crippen LogP contribution is -2.10. The topological polar surface area (TPSA) is 18.5 Å². The second-order valence-corrected chi connectivity index (χ2v) is 21.4. The third kappa shape index (κ3) is 22.8. The molecule has 0 heterocycles. The summed E-state index contributed by atoms with van der Waals surface area (Å²) in [6.45, 7) is 31.1. The van der Waals surface area contributed by atoms with Crippen molar-refractivity contribution in [2.24, 2.45) is 0 Å². The van der Waals surface area contributed by atoms with Crippen LogP contribution in [0.5, 0.6) is 5.75 Å². The normalized spacial score (nSPS) is 11.0. The van der Waals surface area contributed by atoms with E-state index in [2.05, 4.69) is 86.6 Å². The van der Waals surface area contributed by atoms with Crippen molar-refractivity contribution in [1.82, 2.24) is 0 Å². The highest BCUT2D eigenvalue weighted by Gasteiger charge is 2.34. The highest BCUT2D eigenvalue weighted by Crippen LogP contribution is 2.39. The van der Waals surface area contributed by atoms with E-state index in [0.717, 1.165) is 16.7 Å². The second-order valence-electron chi connectivity index (χ2n) is 19.4. The van der Waals surface area contributed by atoms with Gasteiger partial charge in [0.1, 0.15) is 29.8 Å². The third-order valence-corrected chi connectivity index (χ3v) is 12.8. The molecule has 0 saturated heterocycles. The standard InChI is InChI=1S/C12H16Cl2O2.C11H16.C10H10ClF3.C10H13Cl.C9H10ClF.C9H10F2/c1-8(2)12-10(13)6-9(7-11(12)14)16-5-4-15-3;1-8(2)11-9(3)6-5-7-10(11)4;1-6(2)9-7(10(12,13)14)4-3-5-8(9)11;1-7(2)9-6-8(3)4-5-10(9)11;2*1-6(2)9-7(10)4-3-5-8(9)11/h6-8H,4-5H2,1-3H3;5-8H,1-4H3;3-6H,1-2H3;4-7H,1-3H3;2*3-6H,1-2H3. The summed E-state index contributed by atoms with van der Waals surface area (Å²) in [4.78, 5) is 0. The van der Waals surface area contributed by atoms with Crippen LogP contribution < -0.4 is 4.74 Å². The fourth-order valence-corrected chi connectivity index (χ4v) is 9.79. The number of aryl methyl sites for hydroxylation is 3. The number of hydrogen-bond acceptors (Lipinski definition) is 2. The molecule has 0 unspecified atom stereocenters. The van der Waals surface area contributed by atoms with E-state index in [1.807, 2.05) is 26.0 Å². The number of ether oxygens (including phenoxy) is 2. The number of rotatable bonds is 10. The highest BCUT2D eigenvalue weighted by molar-refractivity contribution is 6.36. The van der Waals surface area contributed by atoms with Crippen LogP contribution in [0.25, 0.3) is 0 Å². The molecule has 408 valence electrons. The Morgan fingerprint density at radius 1 is 0.419 bits per heavy atom. The largest absolute Gasteiger partial charge is 0.491 e. The van der Waals surface area contributed by atoms with Gasteiger partial charge in [0.05, 0.1) is 12.2 Å². The minimum atomic E-state index is -4.33. The predicted octanol–water partition coefficient (Wildman–Crippen LogP) is 22.5. The molecule has 6 aromatic carbocycles. The molecule has 74 heavy (non-hydrogen) atoms. The maximum absolute atomic E-state index is 13.0. The summed E-state index contributed by atoms with van der Waals surface area (Å²) in [5.41, 5.74) is 8.13. The summed E-state index contributed by atoms with van der Waals surface area (Å²) in [7, 11) is 1.63. The fourth-order valence-electron chi connectivity index (χ4n) is 7.78. The molecular formula is C61H75Cl5F6O2. The van der Waals surface area contributed by atoms with Gasteiger partial charge < -0.3 is 9.47 Å². The summed E-state index contributed by atoms with van der Waals surface area (Å²) in [6, 6.07) is 28.7. The van der Waals surface area contributed by atoms with Crippen molar-refractivity contribution in [3.05, 3.63) is 201 Å². The summed E-state index contributed by atoms with van der Waals surface area (Å²) < 4.78 is 86.7. The van der Waals surface area contributed by atoms with Crippen LogP contribution in [0, 0.1) is 38.2 Å². The van der Waals surface area contributed by atoms with E-state index in [4.69, 9.17) is 67.5 Å². The zero-order valence-corrected chi connectivity index (χ0v) is 49.4. The van der Waals surface area contributed by atoms with Crippen LogP contribution in [0.2, 0.25) is 25.1 Å². The van der Waals surface area contributed by atoms with E-state index < -0.39 is 23.4 Å². The van der Waals surface area contributed by atoms with Crippen LogP contribution in [-0.4, -0.2) is 20.3 Å². The quantitative estimate of drug-likeness (QED) is 0.101. The Kier molecular flexibility index (Phi) is 30.7. The van der Waals surface area contributed by atoms with Crippen molar-refractivity contribution < 1.29 is 35.8 Å². The molecule has 0 fully saturated rings. The first-order chi connectivity index (χ1) is 34.4. The lowest BCUT2D eigenvalue weighted by Gasteiger charge is -2.16. The van der Waals surface area contributed by atoms with E-state index >= 15 is 0 Å². The summed E-state index contributed by atoms with van der Waals surface area (Å²) >= 11 is 29.8. The van der Waals surface area contributed by atoms with E-state index in [0.29, 0.717) is 57.3 Å². The molecule has 0 aliphatic heterocycles. The van der Waals surface area contributed by atoms with Gasteiger partial charge in [-0.25, -0.2) is 13.2 Å². The maximum atomic E-state index is 13.0. The number of alkyl halides is 3. The van der Waals surface area contributed by atoms with Crippen molar-refractivity contribution >= 4 is 58.0 Å². The minimum Gasteiger partial charge on any atom is -0.491 e. The van der Waals surface area contributed by atoms with Crippen LogP contribution in [0.3, 0.4) is 0 Å². The lowest BCUT2D eigenvalue weighted by molar-refractivity contribution is -0.138. The van der Waals surface area contributed by atoms with Crippen LogP contribution in [-0.2, 0) is 10.9 Å². The first-order valence-corrected chi connectivity index (χ1v) is 26.4. The first kappa shape index (κ1) is 68.1. The van der Waals surface area contributed by atoms with Crippen molar-refractivity contribution in [1.29, 1.82) is 0 Å².